The van der Waals surface area contributed by atoms with Crippen molar-refractivity contribution in [3.63, 3.8) is 0 Å². The summed E-state index contributed by atoms with van der Waals surface area (Å²) in [6.45, 7) is 15.5. The van der Waals surface area contributed by atoms with Crippen LogP contribution in [0.2, 0.25) is 5.02 Å². The van der Waals surface area contributed by atoms with Gasteiger partial charge >= 0.3 is 12.5 Å². The average molecular weight is 530 g/mol. The third kappa shape index (κ3) is 12.9. The van der Waals surface area contributed by atoms with Gasteiger partial charge in [-0.1, -0.05) is 76.4 Å². The number of hydrogen-bond donors (Lipinski definition) is 0. The molecule has 2 aromatic rings. The number of nitrogens with zero attached hydrogens (tertiary/aromatic N) is 1. The molecule has 1 unspecified atom stereocenters. The number of Topliss-reactive ketones (excluding diaryl/α,β-unsaturated/α-hetero) is 1. The highest BCUT2D eigenvalue weighted by Gasteiger charge is 2.44. The van der Waals surface area contributed by atoms with Gasteiger partial charge in [0.1, 0.15) is 5.75 Å². The molecule has 1 atom stereocenters. The van der Waals surface area contributed by atoms with Crippen molar-refractivity contribution in [3.05, 3.63) is 71.3 Å². The predicted octanol–water partition coefficient (Wildman–Crippen LogP) is 9.89. The number of allylic oxidation sites excluding steroid dienone is 1. The van der Waals surface area contributed by atoms with E-state index in [-0.39, 0.29) is 5.56 Å². The van der Waals surface area contributed by atoms with E-state index in [1.807, 2.05) is 32.0 Å². The Morgan fingerprint density at radius 1 is 1.17 bits per heavy atom. The number of rotatable bonds is 9. The number of para-hydroxylation sites is 1. The number of carbonyl (C=O) groups is 1. The van der Waals surface area contributed by atoms with Crippen molar-refractivity contribution < 1.29 is 27.1 Å². The van der Waals surface area contributed by atoms with Gasteiger partial charge in [0.2, 0.25) is 0 Å². The summed E-state index contributed by atoms with van der Waals surface area (Å²) in [7, 11) is 0. The zero-order chi connectivity index (χ0) is 27.9. The summed E-state index contributed by atoms with van der Waals surface area (Å²) in [5, 5.41) is 0.709. The van der Waals surface area contributed by atoms with Gasteiger partial charge in [0.15, 0.2) is 5.78 Å². The van der Waals surface area contributed by atoms with E-state index in [1.165, 1.54) is 37.5 Å². The van der Waals surface area contributed by atoms with Gasteiger partial charge in [-0.15, -0.1) is 0 Å². The molecule has 0 heterocycles. The molecule has 2 rings (SSSR count). The minimum absolute atomic E-state index is 0.164. The number of carbonyl (C=O) groups excluding carboxylic acids is 1. The van der Waals surface area contributed by atoms with E-state index < -0.39 is 24.1 Å². The topological polar surface area (TPSA) is 38.7 Å². The van der Waals surface area contributed by atoms with Crippen LogP contribution in [-0.4, -0.2) is 24.0 Å². The van der Waals surface area contributed by atoms with E-state index in [1.54, 1.807) is 6.08 Å². The molecule has 0 aliphatic rings. The SMILES string of the molecule is C=CC(C)=Nc1cc(Cl)ccc1C.CC(=O)c1ccccc1OC(F)(F)C(F)F.CCCC(C)CC. The molecule has 0 bridgehead atoms. The molecule has 0 N–H and O–H groups in total. The molecule has 3 nitrogen and oxygen atoms in total. The van der Waals surface area contributed by atoms with Gasteiger partial charge in [0.05, 0.1) is 11.3 Å². The first kappa shape index (κ1) is 33.3. The predicted molar refractivity (Wildman–Crippen MR) is 142 cm³/mol. The molecule has 0 aliphatic carbocycles. The summed E-state index contributed by atoms with van der Waals surface area (Å²) in [5.41, 5.74) is 2.75. The molecule has 0 radical (unpaired) electrons. The van der Waals surface area contributed by atoms with Crippen molar-refractivity contribution in [2.75, 3.05) is 0 Å². The van der Waals surface area contributed by atoms with E-state index in [0.717, 1.165) is 35.9 Å². The second kappa shape index (κ2) is 16.9. The Morgan fingerprint density at radius 2 is 1.78 bits per heavy atom. The van der Waals surface area contributed by atoms with E-state index >= 15 is 0 Å². The first-order chi connectivity index (χ1) is 16.8. The van der Waals surface area contributed by atoms with Gasteiger partial charge in [-0.2, -0.15) is 17.6 Å². The van der Waals surface area contributed by atoms with Gasteiger partial charge in [0, 0.05) is 10.7 Å². The fourth-order valence-corrected chi connectivity index (χ4v) is 2.84. The maximum Gasteiger partial charge on any atom is 0.461 e. The van der Waals surface area contributed by atoms with Crippen molar-refractivity contribution in [1.29, 1.82) is 0 Å². The van der Waals surface area contributed by atoms with Crippen LogP contribution in [0.15, 0.2) is 60.1 Å². The standard InChI is InChI=1S/C11H12ClN.C10H8F4O2.C7H16/c1-4-9(3)13-11-7-10(12)6-5-8(11)2;1-6(15)7-4-2-3-5-8(7)16-10(13,14)9(11)12;1-4-6-7(3)5-2/h4-7H,1H2,2-3H3;2-5,9H,1H3;7H,4-6H2,1-3H3. The molecule has 200 valence electrons. The minimum Gasteiger partial charge on any atom is -0.428 e. The molecule has 0 saturated heterocycles. The third-order valence-corrected chi connectivity index (χ3v) is 5.24. The highest BCUT2D eigenvalue weighted by atomic mass is 35.5. The number of ketones is 1. The largest absolute Gasteiger partial charge is 0.461 e. The van der Waals surface area contributed by atoms with Crippen LogP contribution in [0.5, 0.6) is 5.75 Å². The molecule has 2 aromatic carbocycles. The van der Waals surface area contributed by atoms with Crippen LogP contribution < -0.4 is 4.74 Å². The van der Waals surface area contributed by atoms with Gasteiger partial charge in [-0.05, 0) is 62.6 Å². The molecule has 0 saturated carbocycles. The fraction of sp³-hybridized carbons (Fsp3) is 0.429. The Labute approximate surface area is 217 Å². The zero-order valence-corrected chi connectivity index (χ0v) is 22.5. The van der Waals surface area contributed by atoms with Crippen LogP contribution >= 0.6 is 11.6 Å². The third-order valence-electron chi connectivity index (χ3n) is 5.01. The fourth-order valence-electron chi connectivity index (χ4n) is 2.67. The summed E-state index contributed by atoms with van der Waals surface area (Å²) in [4.78, 5) is 15.4. The Balaban J connectivity index is 0.000000550. The summed E-state index contributed by atoms with van der Waals surface area (Å²) >= 11 is 5.85. The lowest BCUT2D eigenvalue weighted by molar-refractivity contribution is -0.253. The van der Waals surface area contributed by atoms with Gasteiger partial charge in [0.25, 0.3) is 0 Å². The van der Waals surface area contributed by atoms with E-state index in [4.69, 9.17) is 11.6 Å². The maximum absolute atomic E-state index is 12.6. The number of alkyl halides is 4. The average Bonchev–Trinajstić information content (AvgIpc) is 2.82. The Kier molecular flexibility index (Phi) is 15.6. The van der Waals surface area contributed by atoms with Crippen LogP contribution in [0.4, 0.5) is 23.2 Å². The lowest BCUT2D eigenvalue weighted by Gasteiger charge is -2.18. The first-order valence-electron chi connectivity index (χ1n) is 11.7. The highest BCUT2D eigenvalue weighted by Crippen LogP contribution is 2.30. The van der Waals surface area contributed by atoms with Crippen molar-refractivity contribution in [2.24, 2.45) is 10.9 Å². The summed E-state index contributed by atoms with van der Waals surface area (Å²) in [5.74, 6) is -0.147. The molecule has 0 aliphatic heterocycles. The monoisotopic (exact) mass is 529 g/mol. The van der Waals surface area contributed by atoms with E-state index in [0.29, 0.717) is 5.02 Å². The second-order valence-corrected chi connectivity index (χ2v) is 8.64. The van der Waals surface area contributed by atoms with E-state index in [2.05, 4.69) is 37.1 Å². The quantitative estimate of drug-likeness (QED) is 0.184. The summed E-state index contributed by atoms with van der Waals surface area (Å²) in [6.07, 6.45) is -2.75. The van der Waals surface area contributed by atoms with Crippen LogP contribution in [-0.2, 0) is 0 Å². The van der Waals surface area contributed by atoms with Crippen molar-refractivity contribution in [2.45, 2.75) is 73.3 Å². The summed E-state index contributed by atoms with van der Waals surface area (Å²) in [6, 6.07) is 10.7. The van der Waals surface area contributed by atoms with Crippen LogP contribution in [0.25, 0.3) is 0 Å². The maximum atomic E-state index is 12.6. The number of ether oxygens (including phenoxy) is 1. The van der Waals surface area contributed by atoms with Gasteiger partial charge in [-0.3, -0.25) is 9.79 Å². The Morgan fingerprint density at radius 3 is 2.25 bits per heavy atom. The van der Waals surface area contributed by atoms with Crippen LogP contribution in [0.1, 0.15) is 69.8 Å². The smallest absolute Gasteiger partial charge is 0.428 e. The highest BCUT2D eigenvalue weighted by molar-refractivity contribution is 6.30. The first-order valence-corrected chi connectivity index (χ1v) is 12.0. The number of halogens is 5. The lowest BCUT2D eigenvalue weighted by atomic mass is 10.0. The number of aryl methyl sites for hydroxylation is 1. The van der Waals surface area contributed by atoms with Crippen LogP contribution in [0, 0.1) is 12.8 Å². The van der Waals surface area contributed by atoms with Gasteiger partial charge < -0.3 is 4.74 Å². The molecular formula is C28H36ClF4NO2. The van der Waals surface area contributed by atoms with Crippen molar-refractivity contribution in [3.8, 4) is 5.75 Å². The normalized spacial score (nSPS) is 12.1. The van der Waals surface area contributed by atoms with E-state index in [9.17, 15) is 22.4 Å². The molecule has 0 fully saturated rings. The number of hydrogen-bond acceptors (Lipinski definition) is 3. The van der Waals surface area contributed by atoms with Crippen molar-refractivity contribution in [1.82, 2.24) is 0 Å². The number of aliphatic imine (C=N–C) groups is 1. The minimum atomic E-state index is -4.61. The molecular weight excluding hydrogens is 494 g/mol. The lowest BCUT2D eigenvalue weighted by Crippen LogP contribution is -2.33. The molecule has 0 spiro atoms. The summed E-state index contributed by atoms with van der Waals surface area (Å²) < 4.78 is 52.8. The molecule has 36 heavy (non-hydrogen) atoms. The van der Waals surface area contributed by atoms with Gasteiger partial charge in [-0.25, -0.2) is 0 Å². The Bertz CT molecular complexity index is 993. The number of benzene rings is 2. The Hall–Kier alpha value is -2.67. The second-order valence-electron chi connectivity index (χ2n) is 8.21. The molecule has 0 aromatic heterocycles. The van der Waals surface area contributed by atoms with Crippen molar-refractivity contribution >= 4 is 28.8 Å². The molecule has 0 amide bonds. The molecule has 8 heteroatoms. The van der Waals surface area contributed by atoms with Crippen LogP contribution in [0.3, 0.4) is 0 Å². The zero-order valence-electron chi connectivity index (χ0n) is 21.8.